The number of aliphatic hydroxyl groups is 1. The molecule has 0 radical (unpaired) electrons. The summed E-state index contributed by atoms with van der Waals surface area (Å²) in [5.41, 5.74) is 0.789. The minimum atomic E-state index is -1.25. The van der Waals surface area contributed by atoms with E-state index in [4.69, 9.17) is 14.2 Å². The minimum absolute atomic E-state index is 0.0254. The number of esters is 2. The van der Waals surface area contributed by atoms with Gasteiger partial charge in [-0.3, -0.25) is 4.79 Å². The van der Waals surface area contributed by atoms with E-state index >= 15 is 0 Å². The fourth-order valence-corrected chi connectivity index (χ4v) is 3.47. The van der Waals surface area contributed by atoms with E-state index in [0.29, 0.717) is 6.42 Å². The molecule has 0 saturated carbocycles. The molecule has 0 spiro atoms. The zero-order valence-electron chi connectivity index (χ0n) is 18.4. The van der Waals surface area contributed by atoms with E-state index in [9.17, 15) is 19.5 Å². The van der Waals surface area contributed by atoms with Gasteiger partial charge in [0.25, 0.3) is 0 Å². The largest absolute Gasteiger partial charge is 0.460 e. The van der Waals surface area contributed by atoms with Crippen LogP contribution in [-0.4, -0.2) is 47.5 Å². The highest BCUT2D eigenvalue weighted by Gasteiger charge is 2.41. The molecule has 1 fully saturated rings. The second-order valence-electron chi connectivity index (χ2n) is 7.91. The van der Waals surface area contributed by atoms with Crippen LogP contribution in [-0.2, 0) is 30.4 Å². The lowest BCUT2D eigenvalue weighted by Crippen LogP contribution is -2.50. The number of aliphatic hydroxyl groups excluding tert-OH is 1. The number of hydrogen-bond donors (Lipinski definition) is 2. The van der Waals surface area contributed by atoms with E-state index in [1.165, 1.54) is 13.8 Å². The fourth-order valence-electron chi connectivity index (χ4n) is 3.47. The van der Waals surface area contributed by atoms with Crippen LogP contribution < -0.4 is 5.32 Å². The summed E-state index contributed by atoms with van der Waals surface area (Å²) in [6.07, 6.45) is 0.289. The molecule has 8 nitrogen and oxygen atoms in total. The predicted molar refractivity (Wildman–Crippen MR) is 113 cm³/mol. The highest BCUT2D eigenvalue weighted by Crippen LogP contribution is 2.23. The molecule has 1 aromatic carbocycles. The van der Waals surface area contributed by atoms with Gasteiger partial charge in [-0.05, 0) is 25.8 Å². The van der Waals surface area contributed by atoms with E-state index in [-0.39, 0.29) is 6.61 Å². The molecule has 0 aliphatic carbocycles. The third-order valence-corrected chi connectivity index (χ3v) is 5.38. The van der Waals surface area contributed by atoms with Crippen molar-refractivity contribution >= 4 is 18.0 Å². The first-order valence-electron chi connectivity index (χ1n) is 10.9. The first-order chi connectivity index (χ1) is 14.8. The molecule has 0 bridgehead atoms. The van der Waals surface area contributed by atoms with E-state index in [0.717, 1.165) is 31.2 Å². The Morgan fingerprint density at radius 1 is 1.03 bits per heavy atom. The Balaban J connectivity index is 2.02. The number of rotatable bonds is 8. The first-order valence-corrected chi connectivity index (χ1v) is 10.9. The topological polar surface area (TPSA) is 111 Å². The van der Waals surface area contributed by atoms with Gasteiger partial charge in [0.15, 0.2) is 6.04 Å². The molecule has 1 aromatic rings. The van der Waals surface area contributed by atoms with Crippen molar-refractivity contribution in [3.05, 3.63) is 35.9 Å². The van der Waals surface area contributed by atoms with Crippen LogP contribution in [0.15, 0.2) is 30.3 Å². The third kappa shape index (κ3) is 7.54. The van der Waals surface area contributed by atoms with E-state index < -0.39 is 48.3 Å². The van der Waals surface area contributed by atoms with Gasteiger partial charge in [0.05, 0.1) is 5.92 Å². The van der Waals surface area contributed by atoms with Gasteiger partial charge in [-0.2, -0.15) is 0 Å². The number of ether oxygens (including phenoxy) is 3. The second kappa shape index (κ2) is 12.3. The third-order valence-electron chi connectivity index (χ3n) is 5.38. The lowest BCUT2D eigenvalue weighted by molar-refractivity contribution is -0.160. The summed E-state index contributed by atoms with van der Waals surface area (Å²) >= 11 is 0. The van der Waals surface area contributed by atoms with Crippen molar-refractivity contribution in [2.75, 3.05) is 0 Å². The quantitative estimate of drug-likeness (QED) is 0.367. The predicted octanol–water partition coefficient (Wildman–Crippen LogP) is 3.11. The van der Waals surface area contributed by atoms with Gasteiger partial charge in [0.2, 0.25) is 0 Å². The van der Waals surface area contributed by atoms with Crippen molar-refractivity contribution in [1.82, 2.24) is 5.32 Å². The van der Waals surface area contributed by atoms with Crippen LogP contribution in [0, 0.1) is 5.92 Å². The van der Waals surface area contributed by atoms with Crippen LogP contribution in [0.4, 0.5) is 4.79 Å². The van der Waals surface area contributed by atoms with Crippen molar-refractivity contribution in [2.24, 2.45) is 5.92 Å². The molecule has 1 heterocycles. The normalized spacial score (nSPS) is 26.6. The molecule has 5 atom stereocenters. The molecule has 1 aliphatic heterocycles. The number of amides is 1. The first kappa shape index (κ1) is 24.7. The Bertz CT molecular complexity index is 724. The summed E-state index contributed by atoms with van der Waals surface area (Å²) in [5.74, 6) is -2.20. The van der Waals surface area contributed by atoms with E-state index in [1.54, 1.807) is 12.1 Å². The zero-order valence-corrected chi connectivity index (χ0v) is 18.4. The lowest BCUT2D eigenvalue weighted by Gasteiger charge is -2.24. The molecule has 2 rings (SSSR count). The lowest BCUT2D eigenvalue weighted by atomic mass is 9.92. The molecule has 1 aliphatic rings. The maximum atomic E-state index is 12.7. The van der Waals surface area contributed by atoms with Crippen molar-refractivity contribution in [3.8, 4) is 0 Å². The number of benzene rings is 1. The molecular formula is C23H33NO7. The smallest absolute Gasteiger partial charge is 0.408 e. The summed E-state index contributed by atoms with van der Waals surface area (Å²) < 4.78 is 15.9. The Morgan fingerprint density at radius 3 is 2.39 bits per heavy atom. The van der Waals surface area contributed by atoms with Crippen LogP contribution in [0.25, 0.3) is 0 Å². The van der Waals surface area contributed by atoms with Crippen molar-refractivity contribution < 1.29 is 33.7 Å². The van der Waals surface area contributed by atoms with Gasteiger partial charge in [-0.15, -0.1) is 0 Å². The molecule has 0 aromatic heterocycles. The number of carbonyl (C=O) groups is 3. The average molecular weight is 436 g/mol. The number of hydrogen-bond acceptors (Lipinski definition) is 7. The highest BCUT2D eigenvalue weighted by molar-refractivity contribution is 5.83. The molecular weight excluding hydrogens is 402 g/mol. The van der Waals surface area contributed by atoms with Crippen LogP contribution >= 0.6 is 0 Å². The van der Waals surface area contributed by atoms with Gasteiger partial charge in [0, 0.05) is 0 Å². The van der Waals surface area contributed by atoms with Crippen LogP contribution in [0.2, 0.25) is 0 Å². The maximum Gasteiger partial charge on any atom is 0.408 e. The zero-order chi connectivity index (χ0) is 22.8. The summed E-state index contributed by atoms with van der Waals surface area (Å²) in [5, 5.41) is 13.0. The van der Waals surface area contributed by atoms with Gasteiger partial charge in [-0.1, -0.05) is 62.9 Å². The molecule has 0 unspecified atom stereocenters. The van der Waals surface area contributed by atoms with E-state index in [2.05, 4.69) is 12.2 Å². The van der Waals surface area contributed by atoms with Crippen LogP contribution in [0.1, 0.15) is 58.4 Å². The highest BCUT2D eigenvalue weighted by atomic mass is 16.6. The Morgan fingerprint density at radius 2 is 1.71 bits per heavy atom. The van der Waals surface area contributed by atoms with Crippen molar-refractivity contribution in [2.45, 2.75) is 83.8 Å². The van der Waals surface area contributed by atoms with Crippen molar-refractivity contribution in [1.29, 1.82) is 0 Å². The van der Waals surface area contributed by atoms with Crippen molar-refractivity contribution in [3.63, 3.8) is 0 Å². The number of carbonyl (C=O) groups excluding carboxylic acids is 3. The van der Waals surface area contributed by atoms with Gasteiger partial charge in [0.1, 0.15) is 24.9 Å². The SMILES string of the molecule is CCCCCC[C@H]1C(=O)O[C@H](C)[C@H](NC(=O)OCc2ccccc2)C(=O)O[C@@H](C)[C@@H]1O. The van der Waals surface area contributed by atoms with Crippen LogP contribution in [0.3, 0.4) is 0 Å². The monoisotopic (exact) mass is 435 g/mol. The summed E-state index contributed by atoms with van der Waals surface area (Å²) in [6.45, 7) is 5.13. The Kier molecular flexibility index (Phi) is 9.78. The minimum Gasteiger partial charge on any atom is -0.460 e. The molecule has 1 amide bonds. The van der Waals surface area contributed by atoms with Gasteiger partial charge in [-0.25, -0.2) is 9.59 Å². The fraction of sp³-hybridized carbons (Fsp3) is 0.609. The van der Waals surface area contributed by atoms with Crippen LogP contribution in [0.5, 0.6) is 0 Å². The Hall–Kier alpha value is -2.61. The summed E-state index contributed by atoms with van der Waals surface area (Å²) in [4.78, 5) is 37.5. The summed E-state index contributed by atoms with van der Waals surface area (Å²) in [7, 11) is 0. The second-order valence-corrected chi connectivity index (χ2v) is 7.91. The maximum absolute atomic E-state index is 12.7. The molecule has 1 saturated heterocycles. The van der Waals surface area contributed by atoms with E-state index in [1.807, 2.05) is 18.2 Å². The average Bonchev–Trinajstić information content (AvgIpc) is 2.77. The van der Waals surface area contributed by atoms with Gasteiger partial charge >= 0.3 is 18.0 Å². The molecule has 2 N–H and O–H groups in total. The summed E-state index contributed by atoms with van der Waals surface area (Å²) in [6, 6.07) is 7.84. The standard InChI is InChI=1S/C23H33NO7/c1-4-5-6-10-13-18-20(25)16(3)31-22(27)19(15(2)30-21(18)26)24-23(28)29-14-17-11-8-7-9-12-17/h7-9,11-12,15-16,18-20,25H,4-6,10,13-14H2,1-3H3,(H,24,28)/t15-,16+,18-,19+,20+/m1/s1. The number of unbranched alkanes of at least 4 members (excludes halogenated alkanes) is 3. The molecule has 31 heavy (non-hydrogen) atoms. The van der Waals surface area contributed by atoms with Gasteiger partial charge < -0.3 is 24.6 Å². The number of nitrogens with one attached hydrogen (secondary N) is 1. The Labute approximate surface area is 183 Å². The molecule has 8 heteroatoms. The molecule has 172 valence electrons. The number of alkyl carbamates (subject to hydrolysis) is 1. The number of cyclic esters (lactones) is 2.